The average Bonchev–Trinajstić information content (AvgIpc) is 2.72. The lowest BCUT2D eigenvalue weighted by Gasteiger charge is -2.20. The van der Waals surface area contributed by atoms with Gasteiger partial charge in [0.05, 0.1) is 23.0 Å². The van der Waals surface area contributed by atoms with Crippen LogP contribution in [0, 0.1) is 13.8 Å². The fourth-order valence-corrected chi connectivity index (χ4v) is 2.81. The van der Waals surface area contributed by atoms with Gasteiger partial charge in [-0.2, -0.15) is 5.10 Å². The van der Waals surface area contributed by atoms with Crippen LogP contribution in [0.25, 0.3) is 0 Å². The van der Waals surface area contributed by atoms with Gasteiger partial charge in [0.25, 0.3) is 0 Å². The molecule has 0 bridgehead atoms. The Morgan fingerprint density at radius 3 is 2.50 bits per heavy atom. The summed E-state index contributed by atoms with van der Waals surface area (Å²) in [4.78, 5) is 0. The van der Waals surface area contributed by atoms with Gasteiger partial charge in [0.2, 0.25) is 0 Å². The van der Waals surface area contributed by atoms with Crippen molar-refractivity contribution in [3.05, 3.63) is 51.8 Å². The second kappa shape index (κ2) is 6.39. The molecule has 20 heavy (non-hydrogen) atoms. The Balaban J connectivity index is 2.49. The largest absolute Gasteiger partial charge is 0.271 e. The molecule has 2 rings (SSSR count). The summed E-state index contributed by atoms with van der Waals surface area (Å²) in [5.41, 5.74) is 7.30. The lowest BCUT2D eigenvalue weighted by Crippen LogP contribution is -2.31. The lowest BCUT2D eigenvalue weighted by atomic mass is 9.99. The number of hydrogen-bond donors (Lipinski definition) is 2. The lowest BCUT2D eigenvalue weighted by molar-refractivity contribution is 0.521. The first-order valence-corrected chi connectivity index (χ1v) is 7.20. The quantitative estimate of drug-likeness (QED) is 0.657. The van der Waals surface area contributed by atoms with Crippen LogP contribution in [0.1, 0.15) is 41.8 Å². The predicted molar refractivity (Wildman–Crippen MR) is 82.6 cm³/mol. The number of benzene rings is 1. The van der Waals surface area contributed by atoms with Crippen molar-refractivity contribution >= 4 is 11.6 Å². The summed E-state index contributed by atoms with van der Waals surface area (Å²) in [6, 6.07) is 6.23. The van der Waals surface area contributed by atoms with Gasteiger partial charge in [0, 0.05) is 6.54 Å². The number of aromatic nitrogens is 2. The molecule has 1 aromatic carbocycles. The fourth-order valence-electron chi connectivity index (χ4n) is 2.56. The summed E-state index contributed by atoms with van der Waals surface area (Å²) in [6.45, 7) is 7.09. The molecule has 0 aliphatic rings. The molecule has 0 amide bonds. The number of rotatable bonds is 5. The minimum absolute atomic E-state index is 0.157. The van der Waals surface area contributed by atoms with E-state index in [0.717, 1.165) is 24.2 Å². The van der Waals surface area contributed by atoms with E-state index in [4.69, 9.17) is 17.4 Å². The van der Waals surface area contributed by atoms with Crippen molar-refractivity contribution in [1.29, 1.82) is 0 Å². The third kappa shape index (κ3) is 3.03. The monoisotopic (exact) mass is 292 g/mol. The van der Waals surface area contributed by atoms with E-state index in [9.17, 15) is 0 Å². The first kappa shape index (κ1) is 15.0. The average molecular weight is 293 g/mol. The van der Waals surface area contributed by atoms with Crippen LogP contribution in [-0.4, -0.2) is 9.78 Å². The molecule has 5 heteroatoms. The van der Waals surface area contributed by atoms with Gasteiger partial charge in [-0.3, -0.25) is 10.5 Å². The van der Waals surface area contributed by atoms with Crippen LogP contribution >= 0.6 is 11.6 Å². The van der Waals surface area contributed by atoms with Crippen molar-refractivity contribution in [2.24, 2.45) is 5.84 Å². The number of hydrogen-bond acceptors (Lipinski definition) is 3. The SMILES string of the molecule is CCCn1ncc(Cl)c1C(NN)c1cc(C)cc(C)c1. The molecule has 3 N–H and O–H groups in total. The summed E-state index contributed by atoms with van der Waals surface area (Å²) in [6.07, 6.45) is 2.68. The zero-order valence-electron chi connectivity index (χ0n) is 12.2. The molecule has 0 fully saturated rings. The van der Waals surface area contributed by atoms with Crippen LogP contribution in [0.5, 0.6) is 0 Å². The van der Waals surface area contributed by atoms with Crippen LogP contribution in [0.4, 0.5) is 0 Å². The smallest absolute Gasteiger partial charge is 0.0893 e. The normalized spacial score (nSPS) is 12.7. The summed E-state index contributed by atoms with van der Waals surface area (Å²) < 4.78 is 1.92. The molecule has 0 aliphatic carbocycles. The van der Waals surface area contributed by atoms with Gasteiger partial charge < -0.3 is 0 Å². The molecule has 0 radical (unpaired) electrons. The molecule has 0 saturated heterocycles. The zero-order valence-corrected chi connectivity index (χ0v) is 12.9. The Bertz CT molecular complexity index is 571. The van der Waals surface area contributed by atoms with Crippen molar-refractivity contribution in [2.45, 2.75) is 39.8 Å². The minimum atomic E-state index is -0.157. The second-order valence-electron chi connectivity index (χ2n) is 5.12. The standard InChI is InChI=1S/C15H21ClN4/c1-4-5-20-15(13(16)9-18-20)14(19-17)12-7-10(2)6-11(3)8-12/h6-9,14,19H,4-5,17H2,1-3H3. The first-order chi connectivity index (χ1) is 9.56. The molecular weight excluding hydrogens is 272 g/mol. The van der Waals surface area contributed by atoms with E-state index >= 15 is 0 Å². The highest BCUT2D eigenvalue weighted by Gasteiger charge is 2.21. The summed E-state index contributed by atoms with van der Waals surface area (Å²) in [7, 11) is 0. The van der Waals surface area contributed by atoms with Gasteiger partial charge >= 0.3 is 0 Å². The van der Waals surface area contributed by atoms with E-state index in [1.165, 1.54) is 11.1 Å². The van der Waals surface area contributed by atoms with E-state index in [-0.39, 0.29) is 6.04 Å². The van der Waals surface area contributed by atoms with E-state index in [1.807, 2.05) is 4.68 Å². The predicted octanol–water partition coefficient (Wildman–Crippen LogP) is 3.12. The molecule has 1 aromatic heterocycles. The number of nitrogens with zero attached hydrogens (tertiary/aromatic N) is 2. The molecule has 0 aliphatic heterocycles. The van der Waals surface area contributed by atoms with Crippen LogP contribution in [0.15, 0.2) is 24.4 Å². The molecule has 1 unspecified atom stereocenters. The Labute approximate surface area is 124 Å². The van der Waals surface area contributed by atoms with Gasteiger partial charge in [0.1, 0.15) is 0 Å². The Kier molecular flexibility index (Phi) is 4.81. The number of nitrogens with two attached hydrogens (primary N) is 1. The molecule has 4 nitrogen and oxygen atoms in total. The second-order valence-corrected chi connectivity index (χ2v) is 5.53. The third-order valence-electron chi connectivity index (χ3n) is 3.29. The summed E-state index contributed by atoms with van der Waals surface area (Å²) >= 11 is 6.30. The highest BCUT2D eigenvalue weighted by Crippen LogP contribution is 2.29. The van der Waals surface area contributed by atoms with Gasteiger partial charge in [-0.1, -0.05) is 47.9 Å². The van der Waals surface area contributed by atoms with Crippen LogP contribution in [0.3, 0.4) is 0 Å². The van der Waals surface area contributed by atoms with Crippen molar-refractivity contribution in [3.63, 3.8) is 0 Å². The van der Waals surface area contributed by atoms with Crippen LogP contribution in [0.2, 0.25) is 5.02 Å². The minimum Gasteiger partial charge on any atom is -0.271 e. The fraction of sp³-hybridized carbons (Fsp3) is 0.400. The molecule has 1 atom stereocenters. The number of hydrazine groups is 1. The number of aryl methyl sites for hydroxylation is 3. The van der Waals surface area contributed by atoms with E-state index in [0.29, 0.717) is 5.02 Å². The molecule has 2 aromatic rings. The highest BCUT2D eigenvalue weighted by atomic mass is 35.5. The maximum atomic E-state index is 6.30. The van der Waals surface area contributed by atoms with Gasteiger partial charge in [-0.05, 0) is 25.8 Å². The van der Waals surface area contributed by atoms with E-state index < -0.39 is 0 Å². The van der Waals surface area contributed by atoms with Crippen molar-refractivity contribution in [2.75, 3.05) is 0 Å². The van der Waals surface area contributed by atoms with Crippen molar-refractivity contribution in [1.82, 2.24) is 15.2 Å². The first-order valence-electron chi connectivity index (χ1n) is 6.82. The molecule has 1 heterocycles. The van der Waals surface area contributed by atoms with E-state index in [2.05, 4.69) is 49.5 Å². The maximum Gasteiger partial charge on any atom is 0.0893 e. The Hall–Kier alpha value is -1.36. The van der Waals surface area contributed by atoms with Gasteiger partial charge in [-0.15, -0.1) is 0 Å². The van der Waals surface area contributed by atoms with Crippen molar-refractivity contribution in [3.8, 4) is 0 Å². The Morgan fingerprint density at radius 1 is 1.30 bits per heavy atom. The molecule has 108 valence electrons. The third-order valence-corrected chi connectivity index (χ3v) is 3.58. The molecular formula is C15H21ClN4. The maximum absolute atomic E-state index is 6.30. The highest BCUT2D eigenvalue weighted by molar-refractivity contribution is 6.31. The number of nitrogens with one attached hydrogen (secondary N) is 1. The summed E-state index contributed by atoms with van der Waals surface area (Å²) in [5.74, 6) is 5.78. The van der Waals surface area contributed by atoms with Crippen molar-refractivity contribution < 1.29 is 0 Å². The zero-order chi connectivity index (χ0) is 14.7. The van der Waals surface area contributed by atoms with Crippen LogP contribution < -0.4 is 11.3 Å². The van der Waals surface area contributed by atoms with Gasteiger partial charge in [0.15, 0.2) is 0 Å². The summed E-state index contributed by atoms with van der Waals surface area (Å²) in [5, 5.41) is 4.97. The van der Waals surface area contributed by atoms with E-state index in [1.54, 1.807) is 6.20 Å². The molecule has 0 saturated carbocycles. The topological polar surface area (TPSA) is 55.9 Å². The van der Waals surface area contributed by atoms with Crippen LogP contribution in [-0.2, 0) is 6.54 Å². The number of halogens is 1. The molecule has 0 spiro atoms. The van der Waals surface area contributed by atoms with Gasteiger partial charge in [-0.25, -0.2) is 5.43 Å². The Morgan fingerprint density at radius 2 is 1.95 bits per heavy atom.